The molecule has 122 valence electrons. The zero-order chi connectivity index (χ0) is 16.6. The Morgan fingerprint density at radius 3 is 2.45 bits per heavy atom. The van der Waals surface area contributed by atoms with Gasteiger partial charge >= 0.3 is 5.97 Å². The molecule has 3 nitrogen and oxygen atoms in total. The van der Waals surface area contributed by atoms with E-state index < -0.39 is 5.97 Å². The smallest absolute Gasteiger partial charge is 0.328 e. The summed E-state index contributed by atoms with van der Waals surface area (Å²) >= 11 is 0. The molecule has 0 saturated heterocycles. The van der Waals surface area contributed by atoms with Gasteiger partial charge in [-0.2, -0.15) is 0 Å². The molecule has 1 rings (SSSR count). The van der Waals surface area contributed by atoms with E-state index in [1.807, 2.05) is 24.3 Å². The minimum atomic E-state index is -0.940. The number of hydrogen-bond donors (Lipinski definition) is 1. The van der Waals surface area contributed by atoms with E-state index in [0.29, 0.717) is 11.3 Å². The quantitative estimate of drug-likeness (QED) is 0.542. The summed E-state index contributed by atoms with van der Waals surface area (Å²) in [5.41, 5.74) is 1.24. The molecule has 0 spiro atoms. The highest BCUT2D eigenvalue weighted by Crippen LogP contribution is 2.26. The number of aliphatic carboxylic acids is 1. The van der Waals surface area contributed by atoms with E-state index in [1.165, 1.54) is 12.8 Å². The number of benzene rings is 1. The first-order chi connectivity index (χ1) is 10.3. The van der Waals surface area contributed by atoms with Gasteiger partial charge in [-0.15, -0.1) is 0 Å². The predicted molar refractivity (Wildman–Crippen MR) is 91.1 cm³/mol. The summed E-state index contributed by atoms with van der Waals surface area (Å²) in [5.74, 6) is 0.604. The third-order valence-corrected chi connectivity index (χ3v) is 3.37. The van der Waals surface area contributed by atoms with Gasteiger partial charge in [-0.05, 0) is 54.4 Å². The summed E-state index contributed by atoms with van der Waals surface area (Å²) in [7, 11) is 0. The average Bonchev–Trinajstić information content (AvgIpc) is 2.40. The van der Waals surface area contributed by atoms with Crippen LogP contribution in [-0.4, -0.2) is 17.7 Å². The van der Waals surface area contributed by atoms with Gasteiger partial charge in [0, 0.05) is 6.08 Å². The number of rotatable bonds is 8. The maximum absolute atomic E-state index is 10.4. The van der Waals surface area contributed by atoms with Crippen LogP contribution in [0.3, 0.4) is 0 Å². The number of hydrogen-bond acceptors (Lipinski definition) is 2. The number of ether oxygens (including phenoxy) is 1. The molecule has 1 aromatic rings. The van der Waals surface area contributed by atoms with E-state index in [1.54, 1.807) is 6.08 Å². The lowest BCUT2D eigenvalue weighted by molar-refractivity contribution is -0.131. The van der Waals surface area contributed by atoms with Gasteiger partial charge < -0.3 is 9.84 Å². The largest absolute Gasteiger partial charge is 0.494 e. The van der Waals surface area contributed by atoms with Crippen molar-refractivity contribution in [1.29, 1.82) is 0 Å². The summed E-state index contributed by atoms with van der Waals surface area (Å²) in [6, 6.07) is 7.47. The van der Waals surface area contributed by atoms with Crippen LogP contribution in [-0.2, 0) is 4.79 Å². The second kappa shape index (κ2) is 8.62. The van der Waals surface area contributed by atoms with Gasteiger partial charge in [-0.3, -0.25) is 0 Å². The first-order valence-electron chi connectivity index (χ1n) is 7.90. The fourth-order valence-corrected chi connectivity index (χ4v) is 2.61. The van der Waals surface area contributed by atoms with Gasteiger partial charge in [0.05, 0.1) is 6.61 Å². The lowest BCUT2D eigenvalue weighted by Crippen LogP contribution is -2.11. The topological polar surface area (TPSA) is 46.5 Å². The Morgan fingerprint density at radius 1 is 1.27 bits per heavy atom. The SMILES string of the molecule is CC(CCCOc1ccc(/C=C/C(=O)O)cc1)CC(C)(C)C. The van der Waals surface area contributed by atoms with Crippen molar-refractivity contribution < 1.29 is 14.6 Å². The van der Waals surface area contributed by atoms with Gasteiger partial charge in [0.2, 0.25) is 0 Å². The molecule has 0 bridgehead atoms. The zero-order valence-corrected chi connectivity index (χ0v) is 14.1. The Kier molecular flexibility index (Phi) is 7.16. The van der Waals surface area contributed by atoms with Crippen molar-refractivity contribution in [3.8, 4) is 5.75 Å². The van der Waals surface area contributed by atoms with E-state index >= 15 is 0 Å². The first-order valence-corrected chi connectivity index (χ1v) is 7.90. The van der Waals surface area contributed by atoms with E-state index in [-0.39, 0.29) is 0 Å². The van der Waals surface area contributed by atoms with Crippen molar-refractivity contribution in [2.24, 2.45) is 11.3 Å². The molecule has 0 aliphatic heterocycles. The van der Waals surface area contributed by atoms with E-state index in [2.05, 4.69) is 27.7 Å². The second-order valence-electron chi connectivity index (χ2n) is 7.10. The van der Waals surface area contributed by atoms with Gasteiger partial charge in [0.25, 0.3) is 0 Å². The maximum atomic E-state index is 10.4. The third-order valence-electron chi connectivity index (χ3n) is 3.37. The lowest BCUT2D eigenvalue weighted by atomic mass is 9.84. The van der Waals surface area contributed by atoms with E-state index in [9.17, 15) is 4.79 Å². The van der Waals surface area contributed by atoms with Crippen molar-refractivity contribution in [2.75, 3.05) is 6.61 Å². The second-order valence-corrected chi connectivity index (χ2v) is 7.10. The molecule has 22 heavy (non-hydrogen) atoms. The Morgan fingerprint density at radius 2 is 1.91 bits per heavy atom. The molecule has 0 heterocycles. The standard InChI is InChI=1S/C19H28O3/c1-15(14-19(2,3)4)6-5-13-22-17-10-7-16(8-11-17)9-12-18(20)21/h7-12,15H,5-6,13-14H2,1-4H3,(H,20,21)/b12-9+. The summed E-state index contributed by atoms with van der Waals surface area (Å²) in [6.45, 7) is 9.86. The van der Waals surface area contributed by atoms with Crippen LogP contribution in [0.1, 0.15) is 52.5 Å². The van der Waals surface area contributed by atoms with Crippen molar-refractivity contribution >= 4 is 12.0 Å². The Balaban J connectivity index is 2.29. The fraction of sp³-hybridized carbons (Fsp3) is 0.526. The normalized spacial score (nSPS) is 13.3. The lowest BCUT2D eigenvalue weighted by Gasteiger charge is -2.23. The molecule has 1 aromatic carbocycles. The molecule has 0 aliphatic rings. The molecule has 0 saturated carbocycles. The van der Waals surface area contributed by atoms with Crippen molar-refractivity contribution in [1.82, 2.24) is 0 Å². The van der Waals surface area contributed by atoms with Crippen molar-refractivity contribution in [2.45, 2.75) is 47.0 Å². The average molecular weight is 304 g/mol. The van der Waals surface area contributed by atoms with Crippen LogP contribution in [0.15, 0.2) is 30.3 Å². The number of carboxylic acid groups (broad SMARTS) is 1. The molecular weight excluding hydrogens is 276 g/mol. The first kappa shape index (κ1) is 18.3. The molecule has 0 aromatic heterocycles. The van der Waals surface area contributed by atoms with Gasteiger partial charge in [0.1, 0.15) is 5.75 Å². The highest BCUT2D eigenvalue weighted by Gasteiger charge is 2.14. The van der Waals surface area contributed by atoms with Crippen LogP contribution in [0.4, 0.5) is 0 Å². The summed E-state index contributed by atoms with van der Waals surface area (Å²) < 4.78 is 5.73. The molecule has 0 radical (unpaired) electrons. The molecule has 0 aliphatic carbocycles. The minimum absolute atomic E-state index is 0.388. The molecule has 1 unspecified atom stereocenters. The Bertz CT molecular complexity index is 480. The molecule has 1 N–H and O–H groups in total. The Hall–Kier alpha value is -1.77. The van der Waals surface area contributed by atoms with Gasteiger partial charge in [-0.25, -0.2) is 4.79 Å². The minimum Gasteiger partial charge on any atom is -0.494 e. The van der Waals surface area contributed by atoms with Gasteiger partial charge in [-0.1, -0.05) is 39.8 Å². The van der Waals surface area contributed by atoms with Crippen LogP contribution in [0.25, 0.3) is 6.08 Å². The third kappa shape index (κ3) is 8.50. The molecule has 0 fully saturated rings. The van der Waals surface area contributed by atoms with Crippen LogP contribution in [0, 0.1) is 11.3 Å². The molecule has 1 atom stereocenters. The number of carboxylic acids is 1. The molecule has 3 heteroatoms. The Labute approximate surface area is 134 Å². The van der Waals surface area contributed by atoms with Crippen LogP contribution in [0.5, 0.6) is 5.75 Å². The summed E-state index contributed by atoms with van der Waals surface area (Å²) in [6.07, 6.45) is 6.17. The summed E-state index contributed by atoms with van der Waals surface area (Å²) in [4.78, 5) is 10.4. The molecular formula is C19H28O3. The zero-order valence-electron chi connectivity index (χ0n) is 14.1. The van der Waals surface area contributed by atoms with Crippen LogP contribution in [0.2, 0.25) is 0 Å². The predicted octanol–water partition coefficient (Wildman–Crippen LogP) is 5.02. The number of carbonyl (C=O) groups is 1. The van der Waals surface area contributed by atoms with Crippen LogP contribution < -0.4 is 4.74 Å². The highest BCUT2D eigenvalue weighted by atomic mass is 16.5. The molecule has 0 amide bonds. The van der Waals surface area contributed by atoms with Crippen molar-refractivity contribution in [3.63, 3.8) is 0 Å². The van der Waals surface area contributed by atoms with E-state index in [0.717, 1.165) is 30.4 Å². The fourth-order valence-electron chi connectivity index (χ4n) is 2.61. The van der Waals surface area contributed by atoms with Crippen molar-refractivity contribution in [3.05, 3.63) is 35.9 Å². The maximum Gasteiger partial charge on any atom is 0.328 e. The van der Waals surface area contributed by atoms with Gasteiger partial charge in [0.15, 0.2) is 0 Å². The monoisotopic (exact) mass is 304 g/mol. The summed E-state index contributed by atoms with van der Waals surface area (Å²) in [5, 5.41) is 8.58. The van der Waals surface area contributed by atoms with Crippen LogP contribution >= 0.6 is 0 Å². The van der Waals surface area contributed by atoms with E-state index in [4.69, 9.17) is 9.84 Å². The highest BCUT2D eigenvalue weighted by molar-refractivity contribution is 5.85.